The summed E-state index contributed by atoms with van der Waals surface area (Å²) in [6.07, 6.45) is 1.20. The van der Waals surface area contributed by atoms with Crippen LogP contribution >= 0.6 is 11.6 Å². The smallest absolute Gasteiger partial charge is 0.243 e. The maximum Gasteiger partial charge on any atom is 0.243 e. The fraction of sp³-hybridized carbons (Fsp3) is 0.333. The zero-order valence-electron chi connectivity index (χ0n) is 21.3. The number of fused-ring (bicyclic) bond motifs is 1. The molecule has 0 radical (unpaired) electrons. The van der Waals surface area contributed by atoms with Crippen LogP contribution in [-0.2, 0) is 29.0 Å². The molecule has 0 bridgehead atoms. The van der Waals surface area contributed by atoms with Gasteiger partial charge >= 0.3 is 0 Å². The van der Waals surface area contributed by atoms with Crippen molar-refractivity contribution in [1.29, 1.82) is 0 Å². The van der Waals surface area contributed by atoms with Crippen LogP contribution in [0.1, 0.15) is 37.0 Å². The van der Waals surface area contributed by atoms with E-state index in [4.69, 9.17) is 21.1 Å². The molecule has 1 atom stereocenters. The molecule has 0 fully saturated rings. The Balaban J connectivity index is 1.58. The van der Waals surface area contributed by atoms with Gasteiger partial charge in [-0.3, -0.25) is 9.59 Å². The van der Waals surface area contributed by atoms with Crippen LogP contribution in [0.25, 0.3) is 0 Å². The third kappa shape index (κ3) is 7.49. The monoisotopic (exact) mass is 520 g/mol. The van der Waals surface area contributed by atoms with Crippen molar-refractivity contribution in [3.05, 3.63) is 94.5 Å². The highest BCUT2D eigenvalue weighted by molar-refractivity contribution is 6.30. The number of carbonyl (C=O) groups excluding carboxylic acids is 2. The maximum absolute atomic E-state index is 13.8. The van der Waals surface area contributed by atoms with Crippen molar-refractivity contribution in [1.82, 2.24) is 10.2 Å². The average Bonchev–Trinajstić information content (AvgIpc) is 2.90. The third-order valence-electron chi connectivity index (χ3n) is 6.20. The van der Waals surface area contributed by atoms with E-state index in [1.54, 1.807) is 17.0 Å². The van der Waals surface area contributed by atoms with Crippen molar-refractivity contribution >= 4 is 23.4 Å². The Morgan fingerprint density at radius 1 is 0.892 bits per heavy atom. The Hall–Kier alpha value is -3.51. The molecular weight excluding hydrogens is 488 g/mol. The normalized spacial score (nSPS) is 13.2. The Morgan fingerprint density at radius 3 is 2.27 bits per heavy atom. The molecule has 7 heteroatoms. The van der Waals surface area contributed by atoms with E-state index in [0.29, 0.717) is 43.4 Å². The van der Waals surface area contributed by atoms with E-state index < -0.39 is 6.04 Å². The van der Waals surface area contributed by atoms with Gasteiger partial charge in [0.05, 0.1) is 0 Å². The summed E-state index contributed by atoms with van der Waals surface area (Å²) in [6.45, 7) is 5.19. The molecule has 0 saturated heterocycles. The molecule has 3 aromatic carbocycles. The van der Waals surface area contributed by atoms with Gasteiger partial charge in [0.1, 0.15) is 19.3 Å². The highest BCUT2D eigenvalue weighted by Gasteiger charge is 2.30. The standard InChI is InChI=1S/C30H33ClN2O4/c1-21(2)32-30(35)26(18-22-6-4-3-5-7-22)33(20-24-8-12-25(31)13-9-24)29(34)15-11-23-10-14-27-28(19-23)37-17-16-36-27/h3-10,12-14,19,21,26H,11,15-18,20H2,1-2H3,(H,32,35). The first-order valence-electron chi connectivity index (χ1n) is 12.7. The van der Waals surface area contributed by atoms with Crippen LogP contribution in [0.2, 0.25) is 5.02 Å². The summed E-state index contributed by atoms with van der Waals surface area (Å²) in [4.78, 5) is 28.9. The van der Waals surface area contributed by atoms with Crippen LogP contribution in [0.15, 0.2) is 72.8 Å². The van der Waals surface area contributed by atoms with Crippen LogP contribution in [0.5, 0.6) is 11.5 Å². The number of carbonyl (C=O) groups is 2. The quantitative estimate of drug-likeness (QED) is 0.398. The first-order chi connectivity index (χ1) is 17.9. The Kier molecular flexibility index (Phi) is 9.07. The molecule has 3 aromatic rings. The summed E-state index contributed by atoms with van der Waals surface area (Å²) >= 11 is 6.09. The van der Waals surface area contributed by atoms with E-state index in [0.717, 1.165) is 22.4 Å². The summed E-state index contributed by atoms with van der Waals surface area (Å²) < 4.78 is 11.3. The molecule has 1 N–H and O–H groups in total. The summed E-state index contributed by atoms with van der Waals surface area (Å²) in [5, 5.41) is 3.64. The number of hydrogen-bond acceptors (Lipinski definition) is 4. The predicted molar refractivity (Wildman–Crippen MR) is 145 cm³/mol. The zero-order chi connectivity index (χ0) is 26.2. The molecule has 0 aliphatic carbocycles. The molecule has 1 heterocycles. The second-order valence-corrected chi connectivity index (χ2v) is 9.93. The molecule has 0 spiro atoms. The molecule has 4 rings (SSSR count). The van der Waals surface area contributed by atoms with Gasteiger partial charge < -0.3 is 19.7 Å². The first-order valence-corrected chi connectivity index (χ1v) is 13.0. The van der Waals surface area contributed by atoms with Gasteiger partial charge in [-0.2, -0.15) is 0 Å². The Morgan fingerprint density at radius 2 is 1.57 bits per heavy atom. The van der Waals surface area contributed by atoms with Gasteiger partial charge in [-0.15, -0.1) is 0 Å². The van der Waals surface area contributed by atoms with E-state index in [1.807, 2.05) is 74.5 Å². The minimum absolute atomic E-state index is 0.0454. The van der Waals surface area contributed by atoms with Crippen LogP contribution in [0.4, 0.5) is 0 Å². The van der Waals surface area contributed by atoms with Crippen LogP contribution in [0, 0.1) is 0 Å². The second kappa shape index (κ2) is 12.6. The molecular formula is C30H33ClN2O4. The van der Waals surface area contributed by atoms with Gasteiger partial charge in [0.15, 0.2) is 11.5 Å². The summed E-state index contributed by atoms with van der Waals surface area (Å²) in [6, 6.07) is 22.2. The van der Waals surface area contributed by atoms with Crippen molar-refractivity contribution in [2.45, 2.75) is 51.7 Å². The number of nitrogens with one attached hydrogen (secondary N) is 1. The zero-order valence-corrected chi connectivity index (χ0v) is 22.0. The molecule has 1 aliphatic heterocycles. The van der Waals surface area contributed by atoms with Gasteiger partial charge in [0, 0.05) is 30.5 Å². The number of hydrogen-bond donors (Lipinski definition) is 1. The lowest BCUT2D eigenvalue weighted by Gasteiger charge is -2.32. The van der Waals surface area contributed by atoms with Gasteiger partial charge in [-0.1, -0.05) is 60.1 Å². The summed E-state index contributed by atoms with van der Waals surface area (Å²) in [5.74, 6) is 1.16. The van der Waals surface area contributed by atoms with Gasteiger partial charge in [-0.05, 0) is 61.2 Å². The van der Waals surface area contributed by atoms with E-state index >= 15 is 0 Å². The number of rotatable bonds is 10. The number of amides is 2. The van der Waals surface area contributed by atoms with E-state index in [2.05, 4.69) is 5.32 Å². The number of benzene rings is 3. The highest BCUT2D eigenvalue weighted by Crippen LogP contribution is 2.31. The Bertz CT molecular complexity index is 1200. The van der Waals surface area contributed by atoms with Gasteiger partial charge in [-0.25, -0.2) is 0 Å². The molecule has 6 nitrogen and oxygen atoms in total. The maximum atomic E-state index is 13.8. The molecule has 37 heavy (non-hydrogen) atoms. The van der Waals surface area contributed by atoms with Crippen molar-refractivity contribution in [2.75, 3.05) is 13.2 Å². The van der Waals surface area contributed by atoms with Crippen LogP contribution < -0.4 is 14.8 Å². The van der Waals surface area contributed by atoms with E-state index in [9.17, 15) is 9.59 Å². The van der Waals surface area contributed by atoms with Crippen molar-refractivity contribution in [3.63, 3.8) is 0 Å². The fourth-order valence-electron chi connectivity index (χ4n) is 4.36. The summed E-state index contributed by atoms with van der Waals surface area (Å²) in [5.41, 5.74) is 2.88. The lowest BCUT2D eigenvalue weighted by atomic mass is 10.0. The minimum Gasteiger partial charge on any atom is -0.486 e. The second-order valence-electron chi connectivity index (χ2n) is 9.49. The summed E-state index contributed by atoms with van der Waals surface area (Å²) in [7, 11) is 0. The van der Waals surface area contributed by atoms with Crippen LogP contribution in [-0.4, -0.2) is 42.0 Å². The van der Waals surface area contributed by atoms with Crippen molar-refractivity contribution in [2.24, 2.45) is 0 Å². The molecule has 0 saturated carbocycles. The van der Waals surface area contributed by atoms with E-state index in [1.165, 1.54) is 0 Å². The van der Waals surface area contributed by atoms with Gasteiger partial charge in [0.2, 0.25) is 11.8 Å². The third-order valence-corrected chi connectivity index (χ3v) is 6.45. The molecule has 1 aliphatic rings. The number of aryl methyl sites for hydroxylation is 1. The average molecular weight is 521 g/mol. The minimum atomic E-state index is -0.659. The van der Waals surface area contributed by atoms with Crippen molar-refractivity contribution in [3.8, 4) is 11.5 Å². The number of nitrogens with zero attached hydrogens (tertiary/aromatic N) is 1. The topological polar surface area (TPSA) is 67.9 Å². The molecule has 1 unspecified atom stereocenters. The SMILES string of the molecule is CC(C)NC(=O)C(Cc1ccccc1)N(Cc1ccc(Cl)cc1)C(=O)CCc1ccc2c(c1)OCCO2. The van der Waals surface area contributed by atoms with Crippen molar-refractivity contribution < 1.29 is 19.1 Å². The predicted octanol–water partition coefficient (Wildman–Crippen LogP) is 5.21. The first kappa shape index (κ1) is 26.6. The lowest BCUT2D eigenvalue weighted by Crippen LogP contribution is -2.51. The molecule has 194 valence electrons. The number of halogens is 1. The molecule has 2 amide bonds. The molecule has 0 aromatic heterocycles. The largest absolute Gasteiger partial charge is 0.486 e. The van der Waals surface area contributed by atoms with Crippen LogP contribution in [0.3, 0.4) is 0 Å². The number of ether oxygens (including phenoxy) is 2. The van der Waals surface area contributed by atoms with Gasteiger partial charge in [0.25, 0.3) is 0 Å². The Labute approximate surface area is 223 Å². The lowest BCUT2D eigenvalue weighted by molar-refractivity contribution is -0.141. The highest BCUT2D eigenvalue weighted by atomic mass is 35.5. The van der Waals surface area contributed by atoms with E-state index in [-0.39, 0.29) is 24.3 Å². The fourth-order valence-corrected chi connectivity index (χ4v) is 4.49.